The highest BCUT2D eigenvalue weighted by atomic mass is 14.3. The smallest absolute Gasteiger partial charge is 0.00432 e. The quantitative estimate of drug-likeness (QED) is 0.244. The lowest BCUT2D eigenvalue weighted by atomic mass is 9.82. The van der Waals surface area contributed by atoms with E-state index in [1.165, 1.54) is 103 Å². The number of rotatable bonds is 16. The highest BCUT2D eigenvalue weighted by Crippen LogP contribution is 2.41. The molecule has 0 aromatic heterocycles. The highest BCUT2D eigenvalue weighted by Gasteiger charge is 2.26. The molecule has 0 heteroatoms. The van der Waals surface area contributed by atoms with Crippen LogP contribution in [0.25, 0.3) is 0 Å². The summed E-state index contributed by atoms with van der Waals surface area (Å²) in [6.45, 7) is 9.43. The van der Waals surface area contributed by atoms with E-state index in [9.17, 15) is 0 Å². The Kier molecular flexibility index (Phi) is 12.3. The normalized spacial score (nSPS) is 16.2. The molecule has 0 saturated heterocycles. The van der Waals surface area contributed by atoms with Gasteiger partial charge in [0.15, 0.2) is 0 Å². The summed E-state index contributed by atoms with van der Waals surface area (Å²) >= 11 is 0. The van der Waals surface area contributed by atoms with Gasteiger partial charge in [-0.05, 0) is 31.3 Å². The number of allylic oxidation sites excluding steroid dienone is 4. The van der Waals surface area contributed by atoms with Crippen LogP contribution in [0.3, 0.4) is 0 Å². The third-order valence-corrected chi connectivity index (χ3v) is 5.95. The minimum atomic E-state index is 0.318. The summed E-state index contributed by atoms with van der Waals surface area (Å²) in [4.78, 5) is 0. The summed E-state index contributed by atoms with van der Waals surface area (Å²) < 4.78 is 0. The number of hydrogen-bond donors (Lipinski definition) is 0. The van der Waals surface area contributed by atoms with Gasteiger partial charge in [0.25, 0.3) is 0 Å². The van der Waals surface area contributed by atoms with Crippen LogP contribution in [0.1, 0.15) is 130 Å². The molecule has 1 aliphatic rings. The molecule has 0 aliphatic heterocycles. The predicted octanol–water partition coefficient (Wildman–Crippen LogP) is 9.16. The fourth-order valence-electron chi connectivity index (χ4n) is 4.17. The number of unbranched alkanes of at least 4 members (excludes halogenated alkanes) is 12. The van der Waals surface area contributed by atoms with Crippen molar-refractivity contribution in [3.05, 3.63) is 23.3 Å². The Balaban J connectivity index is 2.24. The molecule has 0 nitrogen and oxygen atoms in total. The maximum atomic E-state index is 2.46. The summed E-state index contributed by atoms with van der Waals surface area (Å²) in [7, 11) is 0. The first-order valence-corrected chi connectivity index (χ1v) is 11.5. The largest absolute Gasteiger partial charge is 0.0745 e. The Morgan fingerprint density at radius 3 is 1.56 bits per heavy atom. The van der Waals surface area contributed by atoms with Crippen LogP contribution in [0.4, 0.5) is 0 Å². The Bertz CT molecular complexity index is 383. The molecule has 1 aliphatic carbocycles. The van der Waals surface area contributed by atoms with Gasteiger partial charge in [0.05, 0.1) is 0 Å². The lowest BCUT2D eigenvalue weighted by Gasteiger charge is -2.22. The van der Waals surface area contributed by atoms with E-state index in [1.807, 2.05) is 0 Å². The van der Waals surface area contributed by atoms with Crippen LogP contribution in [0, 0.1) is 5.41 Å². The van der Waals surface area contributed by atoms with Gasteiger partial charge in [0.2, 0.25) is 0 Å². The summed E-state index contributed by atoms with van der Waals surface area (Å²) in [5.74, 6) is 0. The van der Waals surface area contributed by atoms with E-state index in [4.69, 9.17) is 0 Å². The SMILES string of the molecule is CCCCCCCCCCC1=C(CCCCCCCC)C=CC1(C)C. The van der Waals surface area contributed by atoms with Crippen molar-refractivity contribution in [3.8, 4) is 0 Å². The molecule has 146 valence electrons. The Labute approximate surface area is 159 Å². The molecule has 0 heterocycles. The topological polar surface area (TPSA) is 0 Å². The van der Waals surface area contributed by atoms with E-state index in [2.05, 4.69) is 39.8 Å². The van der Waals surface area contributed by atoms with Gasteiger partial charge in [0, 0.05) is 5.41 Å². The van der Waals surface area contributed by atoms with Gasteiger partial charge in [0.1, 0.15) is 0 Å². The Morgan fingerprint density at radius 1 is 0.600 bits per heavy atom. The third-order valence-electron chi connectivity index (χ3n) is 5.95. The van der Waals surface area contributed by atoms with E-state index in [0.717, 1.165) is 0 Å². The molecule has 0 unspecified atom stereocenters. The van der Waals surface area contributed by atoms with Gasteiger partial charge in [-0.15, -0.1) is 0 Å². The van der Waals surface area contributed by atoms with Crippen LogP contribution < -0.4 is 0 Å². The van der Waals surface area contributed by atoms with Crippen molar-refractivity contribution in [2.45, 2.75) is 130 Å². The van der Waals surface area contributed by atoms with E-state index in [1.54, 1.807) is 11.1 Å². The lowest BCUT2D eigenvalue weighted by Crippen LogP contribution is -2.09. The highest BCUT2D eigenvalue weighted by molar-refractivity contribution is 5.40. The zero-order valence-corrected chi connectivity index (χ0v) is 18.0. The molecular weight excluding hydrogens is 300 g/mol. The maximum Gasteiger partial charge on any atom is 0.00432 e. The minimum Gasteiger partial charge on any atom is -0.0745 e. The van der Waals surface area contributed by atoms with E-state index >= 15 is 0 Å². The van der Waals surface area contributed by atoms with Crippen LogP contribution in [-0.2, 0) is 0 Å². The van der Waals surface area contributed by atoms with Crippen molar-refractivity contribution < 1.29 is 0 Å². The van der Waals surface area contributed by atoms with Crippen molar-refractivity contribution in [2.24, 2.45) is 5.41 Å². The molecule has 0 bridgehead atoms. The average molecular weight is 347 g/mol. The van der Waals surface area contributed by atoms with Crippen LogP contribution in [0.15, 0.2) is 23.3 Å². The van der Waals surface area contributed by atoms with Crippen LogP contribution in [0.5, 0.6) is 0 Å². The van der Waals surface area contributed by atoms with Gasteiger partial charge in [-0.1, -0.05) is 122 Å². The van der Waals surface area contributed by atoms with Crippen LogP contribution >= 0.6 is 0 Å². The summed E-state index contributed by atoms with van der Waals surface area (Å²) in [6.07, 6.45) is 27.4. The molecular formula is C25H46. The zero-order valence-electron chi connectivity index (χ0n) is 18.0. The summed E-state index contributed by atoms with van der Waals surface area (Å²) in [6, 6.07) is 0. The van der Waals surface area contributed by atoms with Gasteiger partial charge in [-0.2, -0.15) is 0 Å². The first kappa shape index (κ1) is 22.5. The first-order valence-electron chi connectivity index (χ1n) is 11.5. The standard InChI is InChI=1S/C25H46/c1-5-7-9-11-13-14-16-18-20-24-23(21-22-25(24,3)4)19-17-15-12-10-8-6-2/h21-22H,5-20H2,1-4H3. The molecule has 0 atom stereocenters. The Hall–Kier alpha value is -0.520. The van der Waals surface area contributed by atoms with Crippen LogP contribution in [0.2, 0.25) is 0 Å². The van der Waals surface area contributed by atoms with Gasteiger partial charge >= 0.3 is 0 Å². The maximum absolute atomic E-state index is 2.46. The van der Waals surface area contributed by atoms with Crippen molar-refractivity contribution in [3.63, 3.8) is 0 Å². The zero-order chi connectivity index (χ0) is 18.4. The fraction of sp³-hybridized carbons (Fsp3) is 0.840. The second kappa shape index (κ2) is 13.7. The lowest BCUT2D eigenvalue weighted by molar-refractivity contribution is 0.523. The van der Waals surface area contributed by atoms with Crippen LogP contribution in [-0.4, -0.2) is 0 Å². The van der Waals surface area contributed by atoms with E-state index < -0.39 is 0 Å². The second-order valence-electron chi connectivity index (χ2n) is 8.80. The Morgan fingerprint density at radius 2 is 1.04 bits per heavy atom. The molecule has 25 heavy (non-hydrogen) atoms. The molecule has 0 aromatic rings. The predicted molar refractivity (Wildman–Crippen MR) is 115 cm³/mol. The van der Waals surface area contributed by atoms with E-state index in [-0.39, 0.29) is 0 Å². The third kappa shape index (κ3) is 9.66. The molecule has 0 radical (unpaired) electrons. The van der Waals surface area contributed by atoms with Crippen molar-refractivity contribution in [1.82, 2.24) is 0 Å². The molecule has 0 spiro atoms. The molecule has 0 saturated carbocycles. The van der Waals surface area contributed by atoms with Gasteiger partial charge < -0.3 is 0 Å². The fourth-order valence-corrected chi connectivity index (χ4v) is 4.17. The first-order chi connectivity index (χ1) is 12.1. The van der Waals surface area contributed by atoms with Crippen molar-refractivity contribution >= 4 is 0 Å². The van der Waals surface area contributed by atoms with Gasteiger partial charge in [-0.25, -0.2) is 0 Å². The summed E-state index contributed by atoms with van der Waals surface area (Å²) in [5, 5.41) is 0. The van der Waals surface area contributed by atoms with Crippen molar-refractivity contribution in [1.29, 1.82) is 0 Å². The monoisotopic (exact) mass is 346 g/mol. The van der Waals surface area contributed by atoms with Crippen molar-refractivity contribution in [2.75, 3.05) is 0 Å². The average Bonchev–Trinajstić information content (AvgIpc) is 2.87. The van der Waals surface area contributed by atoms with Gasteiger partial charge in [-0.3, -0.25) is 0 Å². The number of hydrogen-bond acceptors (Lipinski definition) is 0. The second-order valence-corrected chi connectivity index (χ2v) is 8.80. The molecule has 0 amide bonds. The molecule has 0 N–H and O–H groups in total. The molecule has 1 rings (SSSR count). The molecule has 0 aromatic carbocycles. The molecule has 0 fully saturated rings. The summed E-state index contributed by atoms with van der Waals surface area (Å²) in [5.41, 5.74) is 3.76. The van der Waals surface area contributed by atoms with E-state index in [0.29, 0.717) is 5.41 Å². The minimum absolute atomic E-state index is 0.318.